The maximum Gasteiger partial charge on any atom is 0.261 e. The summed E-state index contributed by atoms with van der Waals surface area (Å²) in [7, 11) is 0.0962. The van der Waals surface area contributed by atoms with E-state index < -0.39 is 10.0 Å². The number of nitrogens with zero attached hydrogens (tertiary/aromatic N) is 1. The molecular formula is C24H27N3O3S. The summed E-state index contributed by atoms with van der Waals surface area (Å²) in [6.45, 7) is 2.33. The fourth-order valence-corrected chi connectivity index (χ4v) is 4.31. The Bertz CT molecular complexity index is 1130. The van der Waals surface area contributed by atoms with Crippen molar-refractivity contribution in [2.45, 2.75) is 17.9 Å². The number of likely N-dealkylation sites (N-methyl/N-ethyl adjacent to an activating group) is 1. The number of benzene rings is 3. The van der Waals surface area contributed by atoms with Crippen LogP contribution in [0.3, 0.4) is 0 Å². The lowest BCUT2D eigenvalue weighted by Gasteiger charge is -2.25. The Labute approximate surface area is 184 Å². The second-order valence-corrected chi connectivity index (χ2v) is 9.28. The van der Waals surface area contributed by atoms with Crippen LogP contribution in [-0.2, 0) is 10.0 Å². The summed E-state index contributed by atoms with van der Waals surface area (Å²) in [5.41, 5.74) is 2.88. The summed E-state index contributed by atoms with van der Waals surface area (Å²) in [5.74, 6) is -0.324. The number of carbonyl (C=O) groups is 1. The number of rotatable bonds is 8. The van der Waals surface area contributed by atoms with Crippen molar-refractivity contribution in [2.24, 2.45) is 0 Å². The maximum absolute atomic E-state index is 12.8. The highest BCUT2D eigenvalue weighted by atomic mass is 32.2. The fourth-order valence-electron chi connectivity index (χ4n) is 3.21. The standard InChI is InChI=1S/C24H27N3O3S/c1-18-12-14-21(15-13-18)26-31(29,30)22-11-7-10-20(16-22)24(28)25-17-23(27(2)3)19-8-5-4-6-9-19/h4-16,23,26H,17H2,1-3H3,(H,25,28)/t23-/m0/s1. The number of nitrogens with one attached hydrogen (secondary N) is 2. The highest BCUT2D eigenvalue weighted by Crippen LogP contribution is 2.19. The zero-order chi connectivity index (χ0) is 22.4. The van der Waals surface area contributed by atoms with E-state index in [4.69, 9.17) is 0 Å². The molecule has 3 rings (SSSR count). The van der Waals surface area contributed by atoms with Gasteiger partial charge < -0.3 is 10.2 Å². The van der Waals surface area contributed by atoms with E-state index in [2.05, 4.69) is 10.0 Å². The first kappa shape index (κ1) is 22.5. The fraction of sp³-hybridized carbons (Fsp3) is 0.208. The van der Waals surface area contributed by atoms with Crippen LogP contribution < -0.4 is 10.0 Å². The second-order valence-electron chi connectivity index (χ2n) is 7.60. The van der Waals surface area contributed by atoms with Crippen LogP contribution in [0.4, 0.5) is 5.69 Å². The van der Waals surface area contributed by atoms with Gasteiger partial charge in [-0.05, 0) is 56.9 Å². The van der Waals surface area contributed by atoms with Crippen LogP contribution in [0.25, 0.3) is 0 Å². The molecular weight excluding hydrogens is 410 g/mol. The molecule has 0 aliphatic heterocycles. The predicted molar refractivity (Wildman–Crippen MR) is 124 cm³/mol. The Balaban J connectivity index is 1.72. The van der Waals surface area contributed by atoms with Gasteiger partial charge in [0.2, 0.25) is 0 Å². The Morgan fingerprint density at radius 3 is 2.26 bits per heavy atom. The molecule has 7 heteroatoms. The minimum atomic E-state index is -3.81. The zero-order valence-corrected chi connectivity index (χ0v) is 18.7. The Morgan fingerprint density at radius 1 is 0.935 bits per heavy atom. The molecule has 0 heterocycles. The molecule has 2 N–H and O–H groups in total. The summed E-state index contributed by atoms with van der Waals surface area (Å²) < 4.78 is 28.1. The first-order valence-electron chi connectivity index (χ1n) is 9.95. The normalized spacial score (nSPS) is 12.4. The molecule has 0 bridgehead atoms. The van der Waals surface area contributed by atoms with Gasteiger partial charge in [-0.15, -0.1) is 0 Å². The number of hydrogen-bond donors (Lipinski definition) is 2. The molecule has 0 unspecified atom stereocenters. The summed E-state index contributed by atoms with van der Waals surface area (Å²) in [6, 6.07) is 23.0. The van der Waals surface area contributed by atoms with Gasteiger partial charge >= 0.3 is 0 Å². The second kappa shape index (κ2) is 9.76. The minimum absolute atomic E-state index is 0.000249. The van der Waals surface area contributed by atoms with Crippen molar-refractivity contribution >= 4 is 21.6 Å². The molecule has 0 spiro atoms. The third-order valence-electron chi connectivity index (χ3n) is 4.97. The molecule has 3 aromatic carbocycles. The molecule has 0 aliphatic carbocycles. The van der Waals surface area contributed by atoms with Gasteiger partial charge in [-0.3, -0.25) is 9.52 Å². The van der Waals surface area contributed by atoms with E-state index in [9.17, 15) is 13.2 Å². The van der Waals surface area contributed by atoms with Gasteiger partial charge in [0.05, 0.1) is 10.9 Å². The van der Waals surface area contributed by atoms with Crippen LogP contribution in [0.2, 0.25) is 0 Å². The van der Waals surface area contributed by atoms with Crippen LogP contribution in [0.1, 0.15) is 27.5 Å². The highest BCUT2D eigenvalue weighted by Gasteiger charge is 2.18. The third-order valence-corrected chi connectivity index (χ3v) is 6.35. The molecule has 0 fully saturated rings. The molecule has 6 nitrogen and oxygen atoms in total. The van der Waals surface area contributed by atoms with E-state index in [1.54, 1.807) is 24.3 Å². The lowest BCUT2D eigenvalue weighted by atomic mass is 10.1. The summed E-state index contributed by atoms with van der Waals surface area (Å²) in [5, 5.41) is 2.92. The molecule has 1 atom stereocenters. The highest BCUT2D eigenvalue weighted by molar-refractivity contribution is 7.92. The SMILES string of the molecule is Cc1ccc(NS(=O)(=O)c2cccc(C(=O)NC[C@@H](c3ccccc3)N(C)C)c2)cc1. The summed E-state index contributed by atoms with van der Waals surface area (Å²) >= 11 is 0. The number of anilines is 1. The van der Waals surface area contributed by atoms with E-state index in [1.807, 2.05) is 68.4 Å². The molecule has 0 saturated carbocycles. The quantitative estimate of drug-likeness (QED) is 0.561. The van der Waals surface area contributed by atoms with Crippen molar-refractivity contribution in [2.75, 3.05) is 25.4 Å². The van der Waals surface area contributed by atoms with Gasteiger partial charge in [0, 0.05) is 17.8 Å². The Morgan fingerprint density at radius 2 is 1.61 bits per heavy atom. The monoisotopic (exact) mass is 437 g/mol. The van der Waals surface area contributed by atoms with Gasteiger partial charge in [-0.25, -0.2) is 8.42 Å². The molecule has 1 amide bonds. The average Bonchev–Trinajstić information content (AvgIpc) is 2.76. The van der Waals surface area contributed by atoms with Crippen LogP contribution in [0.15, 0.2) is 83.8 Å². The minimum Gasteiger partial charge on any atom is -0.350 e. The first-order chi connectivity index (χ1) is 14.8. The molecule has 0 radical (unpaired) electrons. The Hall–Kier alpha value is -3.16. The number of sulfonamides is 1. The molecule has 0 saturated heterocycles. The average molecular weight is 438 g/mol. The number of hydrogen-bond acceptors (Lipinski definition) is 4. The van der Waals surface area contributed by atoms with Gasteiger partial charge in [0.25, 0.3) is 15.9 Å². The third kappa shape index (κ3) is 5.93. The van der Waals surface area contributed by atoms with E-state index in [1.165, 1.54) is 12.1 Å². The number of aryl methyl sites for hydroxylation is 1. The predicted octanol–water partition coefficient (Wildman–Crippen LogP) is 3.83. The van der Waals surface area contributed by atoms with E-state index in [0.717, 1.165) is 11.1 Å². The van der Waals surface area contributed by atoms with Crippen LogP contribution in [0, 0.1) is 6.92 Å². The zero-order valence-electron chi connectivity index (χ0n) is 17.9. The summed E-state index contributed by atoms with van der Waals surface area (Å²) in [6.07, 6.45) is 0. The van der Waals surface area contributed by atoms with Crippen molar-refractivity contribution in [3.63, 3.8) is 0 Å². The molecule has 31 heavy (non-hydrogen) atoms. The van der Waals surface area contributed by atoms with E-state index >= 15 is 0 Å². The van der Waals surface area contributed by atoms with Crippen LogP contribution >= 0.6 is 0 Å². The lowest BCUT2D eigenvalue weighted by molar-refractivity contribution is 0.0941. The molecule has 162 valence electrons. The van der Waals surface area contributed by atoms with Gasteiger partial charge in [0.1, 0.15) is 0 Å². The summed E-state index contributed by atoms with van der Waals surface area (Å²) in [4.78, 5) is 14.8. The van der Waals surface area contributed by atoms with Gasteiger partial charge in [-0.1, -0.05) is 54.1 Å². The van der Waals surface area contributed by atoms with Crippen LogP contribution in [0.5, 0.6) is 0 Å². The lowest BCUT2D eigenvalue weighted by Crippen LogP contribution is -2.34. The maximum atomic E-state index is 12.8. The number of amides is 1. The van der Waals surface area contributed by atoms with Gasteiger partial charge in [-0.2, -0.15) is 0 Å². The first-order valence-corrected chi connectivity index (χ1v) is 11.4. The largest absolute Gasteiger partial charge is 0.350 e. The smallest absolute Gasteiger partial charge is 0.261 e. The van der Waals surface area contributed by atoms with Crippen molar-refractivity contribution in [3.8, 4) is 0 Å². The molecule has 0 aliphatic rings. The van der Waals surface area contributed by atoms with Crippen molar-refractivity contribution in [3.05, 3.63) is 95.6 Å². The van der Waals surface area contributed by atoms with E-state index in [-0.39, 0.29) is 22.4 Å². The van der Waals surface area contributed by atoms with Crippen molar-refractivity contribution in [1.29, 1.82) is 0 Å². The Kier molecular flexibility index (Phi) is 7.09. The van der Waals surface area contributed by atoms with Crippen molar-refractivity contribution < 1.29 is 13.2 Å². The topological polar surface area (TPSA) is 78.5 Å². The van der Waals surface area contributed by atoms with E-state index in [0.29, 0.717) is 12.2 Å². The number of carbonyl (C=O) groups excluding carboxylic acids is 1. The molecule has 3 aromatic rings. The van der Waals surface area contributed by atoms with Gasteiger partial charge in [0.15, 0.2) is 0 Å². The van der Waals surface area contributed by atoms with Crippen LogP contribution in [-0.4, -0.2) is 39.9 Å². The van der Waals surface area contributed by atoms with Crippen molar-refractivity contribution in [1.82, 2.24) is 10.2 Å². The molecule has 0 aromatic heterocycles.